The molecule has 1 atom stereocenters. The van der Waals surface area contributed by atoms with E-state index in [9.17, 15) is 9.18 Å². The topological polar surface area (TPSA) is 57.3 Å². The molecule has 0 radical (unpaired) electrons. The molecule has 1 aromatic carbocycles. The van der Waals surface area contributed by atoms with E-state index < -0.39 is 0 Å². The molecule has 0 spiro atoms. The molecule has 2 aromatic rings. The number of benzene rings is 1. The quantitative estimate of drug-likeness (QED) is 0.819. The summed E-state index contributed by atoms with van der Waals surface area (Å²) in [7, 11) is 3.80. The molecule has 2 N–H and O–H groups in total. The summed E-state index contributed by atoms with van der Waals surface area (Å²) in [4.78, 5) is 18.1. The Kier molecular flexibility index (Phi) is 6.69. The maximum absolute atomic E-state index is 13.4. The van der Waals surface area contributed by atoms with Gasteiger partial charge in [-0.3, -0.25) is 4.98 Å². The second-order valence-corrected chi connectivity index (χ2v) is 5.74. The van der Waals surface area contributed by atoms with Gasteiger partial charge >= 0.3 is 6.03 Å². The van der Waals surface area contributed by atoms with Gasteiger partial charge in [-0.25, -0.2) is 9.18 Å². The predicted molar refractivity (Wildman–Crippen MR) is 92.2 cm³/mol. The van der Waals surface area contributed by atoms with Crippen molar-refractivity contribution in [2.24, 2.45) is 0 Å². The molecular weight excluding hydrogens is 307 g/mol. The standard InChI is InChI=1S/C18H23FN4O/c1-23(2)17(14-6-5-7-15(19)12-14)13-22-18(24)21-11-9-16-8-3-4-10-20-16/h3-8,10,12,17H,9,11,13H2,1-2H3,(H2,21,22,24). The van der Waals surface area contributed by atoms with Crippen molar-refractivity contribution >= 4 is 6.03 Å². The number of urea groups is 1. The molecule has 5 nitrogen and oxygen atoms in total. The Labute approximate surface area is 141 Å². The van der Waals surface area contributed by atoms with Crippen LogP contribution in [0.25, 0.3) is 0 Å². The van der Waals surface area contributed by atoms with Crippen LogP contribution in [0, 0.1) is 5.82 Å². The summed E-state index contributed by atoms with van der Waals surface area (Å²) in [5, 5.41) is 5.64. The molecular formula is C18H23FN4O. The molecule has 2 rings (SSSR count). The van der Waals surface area contributed by atoms with Crippen LogP contribution in [-0.2, 0) is 6.42 Å². The number of aromatic nitrogens is 1. The Bertz CT molecular complexity index is 648. The van der Waals surface area contributed by atoms with Gasteiger partial charge in [0.2, 0.25) is 0 Å². The van der Waals surface area contributed by atoms with Crippen LogP contribution in [0.1, 0.15) is 17.3 Å². The first-order valence-corrected chi connectivity index (χ1v) is 7.90. The average Bonchev–Trinajstić information content (AvgIpc) is 2.56. The molecule has 1 aromatic heterocycles. The van der Waals surface area contributed by atoms with Gasteiger partial charge in [-0.05, 0) is 43.9 Å². The Balaban J connectivity index is 1.80. The van der Waals surface area contributed by atoms with Crippen LogP contribution >= 0.6 is 0 Å². The van der Waals surface area contributed by atoms with Crippen molar-refractivity contribution in [3.05, 3.63) is 65.7 Å². The second-order valence-electron chi connectivity index (χ2n) is 5.74. The van der Waals surface area contributed by atoms with E-state index in [0.717, 1.165) is 11.3 Å². The molecule has 24 heavy (non-hydrogen) atoms. The minimum atomic E-state index is -0.279. The summed E-state index contributed by atoms with van der Waals surface area (Å²) < 4.78 is 13.4. The highest BCUT2D eigenvalue weighted by atomic mass is 19.1. The summed E-state index contributed by atoms with van der Waals surface area (Å²) in [6.45, 7) is 0.904. The summed E-state index contributed by atoms with van der Waals surface area (Å²) >= 11 is 0. The van der Waals surface area contributed by atoms with Crippen LogP contribution in [0.4, 0.5) is 9.18 Å². The van der Waals surface area contributed by atoms with Gasteiger partial charge in [-0.1, -0.05) is 18.2 Å². The zero-order chi connectivity index (χ0) is 17.4. The number of carbonyl (C=O) groups excluding carboxylic acids is 1. The van der Waals surface area contributed by atoms with Crippen LogP contribution in [0.5, 0.6) is 0 Å². The number of nitrogens with one attached hydrogen (secondary N) is 2. The highest BCUT2D eigenvalue weighted by Gasteiger charge is 2.15. The minimum Gasteiger partial charge on any atom is -0.338 e. The lowest BCUT2D eigenvalue weighted by Crippen LogP contribution is -2.41. The lowest BCUT2D eigenvalue weighted by molar-refractivity contribution is 0.233. The van der Waals surface area contributed by atoms with Gasteiger partial charge in [0, 0.05) is 31.4 Å². The number of carbonyl (C=O) groups is 1. The smallest absolute Gasteiger partial charge is 0.314 e. The molecule has 0 aliphatic rings. The zero-order valence-electron chi connectivity index (χ0n) is 14.0. The number of pyridine rings is 1. The fraction of sp³-hybridized carbons (Fsp3) is 0.333. The number of hydrogen-bond donors (Lipinski definition) is 2. The van der Waals surface area contributed by atoms with E-state index in [1.807, 2.05) is 43.3 Å². The monoisotopic (exact) mass is 330 g/mol. The number of amides is 2. The van der Waals surface area contributed by atoms with Crippen LogP contribution in [0.15, 0.2) is 48.7 Å². The molecule has 6 heteroatoms. The summed E-state index contributed by atoms with van der Waals surface area (Å²) in [5.74, 6) is -0.279. The highest BCUT2D eigenvalue weighted by molar-refractivity contribution is 5.73. The molecule has 1 unspecified atom stereocenters. The lowest BCUT2D eigenvalue weighted by atomic mass is 10.1. The van der Waals surface area contributed by atoms with Gasteiger partial charge in [0.05, 0.1) is 6.04 Å². The third kappa shape index (κ3) is 5.62. The predicted octanol–water partition coefficient (Wildman–Crippen LogP) is 2.37. The van der Waals surface area contributed by atoms with Gasteiger partial charge in [-0.15, -0.1) is 0 Å². The molecule has 0 saturated heterocycles. The van der Waals surface area contributed by atoms with Crippen molar-refractivity contribution in [2.45, 2.75) is 12.5 Å². The molecule has 128 valence electrons. The van der Waals surface area contributed by atoms with Crippen molar-refractivity contribution in [3.8, 4) is 0 Å². The van der Waals surface area contributed by atoms with Crippen LogP contribution in [0.3, 0.4) is 0 Å². The van der Waals surface area contributed by atoms with Gasteiger partial charge < -0.3 is 15.5 Å². The average molecular weight is 330 g/mol. The van der Waals surface area contributed by atoms with Crippen LogP contribution in [0.2, 0.25) is 0 Å². The molecule has 2 amide bonds. The third-order valence-electron chi connectivity index (χ3n) is 3.71. The van der Waals surface area contributed by atoms with E-state index in [1.165, 1.54) is 12.1 Å². The number of likely N-dealkylation sites (N-methyl/N-ethyl adjacent to an activating group) is 1. The van der Waals surface area contributed by atoms with Crippen LogP contribution < -0.4 is 10.6 Å². The number of hydrogen-bond acceptors (Lipinski definition) is 3. The lowest BCUT2D eigenvalue weighted by Gasteiger charge is -2.25. The molecule has 1 heterocycles. The molecule has 0 aliphatic heterocycles. The minimum absolute atomic E-state index is 0.0951. The van der Waals surface area contributed by atoms with Gasteiger partial charge in [0.15, 0.2) is 0 Å². The molecule has 0 aliphatic carbocycles. The molecule has 0 bridgehead atoms. The maximum atomic E-state index is 13.4. The SMILES string of the molecule is CN(C)C(CNC(=O)NCCc1ccccn1)c1cccc(F)c1. The number of halogens is 1. The van der Waals surface area contributed by atoms with Gasteiger partial charge in [-0.2, -0.15) is 0 Å². The zero-order valence-corrected chi connectivity index (χ0v) is 14.0. The Morgan fingerprint density at radius 2 is 2.04 bits per heavy atom. The second kappa shape index (κ2) is 8.98. The summed E-state index contributed by atoms with van der Waals surface area (Å²) in [6, 6.07) is 11.8. The van der Waals surface area contributed by atoms with Crippen LogP contribution in [-0.4, -0.2) is 43.1 Å². The van der Waals surface area contributed by atoms with Crippen molar-refractivity contribution in [2.75, 3.05) is 27.2 Å². The normalized spacial score (nSPS) is 12.0. The van der Waals surface area contributed by atoms with Gasteiger partial charge in [0.25, 0.3) is 0 Å². The Hall–Kier alpha value is -2.47. The van der Waals surface area contributed by atoms with E-state index in [0.29, 0.717) is 19.5 Å². The fourth-order valence-corrected chi connectivity index (χ4v) is 2.41. The third-order valence-corrected chi connectivity index (χ3v) is 3.71. The largest absolute Gasteiger partial charge is 0.338 e. The first-order valence-electron chi connectivity index (χ1n) is 7.90. The van der Waals surface area contributed by atoms with E-state index in [1.54, 1.807) is 12.3 Å². The molecule has 0 saturated carbocycles. The van der Waals surface area contributed by atoms with E-state index in [4.69, 9.17) is 0 Å². The van der Waals surface area contributed by atoms with E-state index in [2.05, 4.69) is 15.6 Å². The fourth-order valence-electron chi connectivity index (χ4n) is 2.41. The maximum Gasteiger partial charge on any atom is 0.314 e. The van der Waals surface area contributed by atoms with Gasteiger partial charge in [0.1, 0.15) is 5.82 Å². The summed E-state index contributed by atoms with van der Waals surface area (Å²) in [5.41, 5.74) is 1.76. The highest BCUT2D eigenvalue weighted by Crippen LogP contribution is 2.18. The molecule has 0 fully saturated rings. The first kappa shape index (κ1) is 17.9. The Morgan fingerprint density at radius 1 is 1.21 bits per heavy atom. The number of nitrogens with zero attached hydrogens (tertiary/aromatic N) is 2. The van der Waals surface area contributed by atoms with Crippen molar-refractivity contribution in [1.29, 1.82) is 0 Å². The Morgan fingerprint density at radius 3 is 2.71 bits per heavy atom. The van der Waals surface area contributed by atoms with Crippen molar-refractivity contribution in [1.82, 2.24) is 20.5 Å². The van der Waals surface area contributed by atoms with E-state index in [-0.39, 0.29) is 17.9 Å². The first-order chi connectivity index (χ1) is 11.6. The number of rotatable bonds is 7. The van der Waals surface area contributed by atoms with E-state index >= 15 is 0 Å². The van der Waals surface area contributed by atoms with Crippen molar-refractivity contribution in [3.63, 3.8) is 0 Å². The van der Waals surface area contributed by atoms with Crippen molar-refractivity contribution < 1.29 is 9.18 Å². The summed E-state index contributed by atoms with van der Waals surface area (Å²) in [6.07, 6.45) is 2.41.